The van der Waals surface area contributed by atoms with Crippen molar-refractivity contribution in [3.8, 4) is 22.7 Å². The van der Waals surface area contributed by atoms with E-state index < -0.39 is 11.8 Å². The second-order valence-corrected chi connectivity index (χ2v) is 8.85. The van der Waals surface area contributed by atoms with Crippen LogP contribution in [0.1, 0.15) is 23.1 Å². The van der Waals surface area contributed by atoms with Crippen molar-refractivity contribution in [1.29, 1.82) is 0 Å². The fraction of sp³-hybridized carbons (Fsp3) is 0.154. The average molecular weight is 474 g/mol. The van der Waals surface area contributed by atoms with E-state index in [1.807, 2.05) is 60.0 Å². The number of rotatable bonds is 2. The van der Waals surface area contributed by atoms with Crippen LogP contribution in [0, 0.1) is 6.92 Å². The van der Waals surface area contributed by atoms with E-state index in [0.29, 0.717) is 33.8 Å². The molecular formula is C26H20ClN3O4. The quantitative estimate of drug-likeness (QED) is 0.371. The van der Waals surface area contributed by atoms with Gasteiger partial charge in [-0.3, -0.25) is 13.9 Å². The van der Waals surface area contributed by atoms with Crippen molar-refractivity contribution in [2.75, 3.05) is 0 Å². The normalized spacial score (nSPS) is 14.6. The minimum absolute atomic E-state index is 0.226. The summed E-state index contributed by atoms with van der Waals surface area (Å²) in [7, 11) is 3.16. The Morgan fingerprint density at radius 1 is 0.941 bits per heavy atom. The lowest BCUT2D eigenvalue weighted by molar-refractivity contribution is 0.199. The summed E-state index contributed by atoms with van der Waals surface area (Å²) in [5, 5.41) is 0.664. The van der Waals surface area contributed by atoms with Gasteiger partial charge in [0.2, 0.25) is 0 Å². The van der Waals surface area contributed by atoms with Gasteiger partial charge < -0.3 is 13.7 Å². The lowest BCUT2D eigenvalue weighted by Gasteiger charge is -2.28. The summed E-state index contributed by atoms with van der Waals surface area (Å²) in [6, 6.07) is 19.0. The zero-order valence-electron chi connectivity index (χ0n) is 18.7. The van der Waals surface area contributed by atoms with Crippen LogP contribution in [0.2, 0.25) is 5.22 Å². The van der Waals surface area contributed by atoms with Crippen molar-refractivity contribution >= 4 is 22.5 Å². The van der Waals surface area contributed by atoms with Gasteiger partial charge in [0.25, 0.3) is 5.56 Å². The Hall–Kier alpha value is -3.97. The highest BCUT2D eigenvalue weighted by molar-refractivity contribution is 6.28. The first-order valence-electron chi connectivity index (χ1n) is 10.8. The van der Waals surface area contributed by atoms with Crippen LogP contribution >= 0.6 is 11.6 Å². The molecule has 0 radical (unpaired) electrons. The number of furan rings is 1. The van der Waals surface area contributed by atoms with Crippen LogP contribution in [0.15, 0.2) is 74.7 Å². The maximum absolute atomic E-state index is 13.6. The molecule has 0 aliphatic carbocycles. The fourth-order valence-electron chi connectivity index (χ4n) is 4.84. The molecule has 1 unspecified atom stereocenters. The highest BCUT2D eigenvalue weighted by Crippen LogP contribution is 2.47. The standard InChI is InChI=1S/C26H20ClN3O4/c1-14-7-6-8-15(13-14)21-20-22(28(2)26(32)29(3)25(20)31)23-24(18-11-12-19(27)33-18)34-17-10-5-4-9-16(17)30(21)23/h4-13,24H,1-3H3. The molecule has 0 amide bonds. The van der Waals surface area contributed by atoms with Gasteiger partial charge in [0, 0.05) is 14.1 Å². The summed E-state index contributed by atoms with van der Waals surface area (Å²) >= 11 is 6.11. The molecule has 170 valence electrons. The third-order valence-corrected chi connectivity index (χ3v) is 6.55. The molecule has 7 nitrogen and oxygen atoms in total. The number of halogens is 1. The third-order valence-electron chi connectivity index (χ3n) is 6.35. The highest BCUT2D eigenvalue weighted by Gasteiger charge is 2.37. The zero-order chi connectivity index (χ0) is 23.7. The van der Waals surface area contributed by atoms with Gasteiger partial charge >= 0.3 is 5.69 Å². The number of hydrogen-bond donors (Lipinski definition) is 0. The van der Waals surface area contributed by atoms with E-state index in [0.717, 1.165) is 21.4 Å². The maximum Gasteiger partial charge on any atom is 0.331 e. The Kier molecular flexibility index (Phi) is 4.41. The van der Waals surface area contributed by atoms with E-state index in [4.69, 9.17) is 20.8 Å². The number of benzene rings is 2. The largest absolute Gasteiger partial charge is 0.474 e. The molecular weight excluding hydrogens is 454 g/mol. The van der Waals surface area contributed by atoms with Gasteiger partial charge in [0.05, 0.1) is 28.0 Å². The van der Waals surface area contributed by atoms with Crippen LogP contribution < -0.4 is 16.0 Å². The lowest BCUT2D eigenvalue weighted by atomic mass is 10.1. The Morgan fingerprint density at radius 2 is 1.74 bits per heavy atom. The first-order valence-corrected chi connectivity index (χ1v) is 11.2. The van der Waals surface area contributed by atoms with Gasteiger partial charge in [0.1, 0.15) is 5.75 Å². The number of ether oxygens (including phenoxy) is 1. The molecule has 34 heavy (non-hydrogen) atoms. The van der Waals surface area contributed by atoms with Gasteiger partial charge in [0.15, 0.2) is 17.1 Å². The lowest BCUT2D eigenvalue weighted by Crippen LogP contribution is -2.37. The predicted octanol–water partition coefficient (Wildman–Crippen LogP) is 4.73. The summed E-state index contributed by atoms with van der Waals surface area (Å²) in [6.45, 7) is 2.00. The van der Waals surface area contributed by atoms with E-state index in [9.17, 15) is 9.59 Å². The highest BCUT2D eigenvalue weighted by atomic mass is 35.5. The van der Waals surface area contributed by atoms with Crippen LogP contribution in [0.4, 0.5) is 0 Å². The first-order chi connectivity index (χ1) is 16.4. The van der Waals surface area contributed by atoms with E-state index in [2.05, 4.69) is 0 Å². The van der Waals surface area contributed by atoms with E-state index in [-0.39, 0.29) is 10.8 Å². The molecule has 3 aromatic heterocycles. The third kappa shape index (κ3) is 2.77. The molecule has 0 N–H and O–H groups in total. The van der Waals surface area contributed by atoms with E-state index in [1.54, 1.807) is 19.2 Å². The van der Waals surface area contributed by atoms with E-state index >= 15 is 0 Å². The summed E-state index contributed by atoms with van der Waals surface area (Å²) in [6.07, 6.45) is -0.721. The number of aromatic nitrogens is 3. The topological polar surface area (TPSA) is 71.3 Å². The molecule has 0 bridgehead atoms. The van der Waals surface area contributed by atoms with Crippen molar-refractivity contribution in [2.45, 2.75) is 13.0 Å². The molecule has 0 spiro atoms. The molecule has 5 aromatic rings. The Morgan fingerprint density at radius 3 is 2.47 bits per heavy atom. The SMILES string of the molecule is Cc1cccc(-c2c3c(=O)n(C)c(=O)n(C)c3c3n2-c2ccccc2OC3c2ccc(Cl)o2)c1. The number of hydrogen-bond acceptors (Lipinski definition) is 4. The Labute approximate surface area is 199 Å². The van der Waals surface area contributed by atoms with Crippen molar-refractivity contribution in [3.63, 3.8) is 0 Å². The van der Waals surface area contributed by atoms with Gasteiger partial charge in [-0.15, -0.1) is 0 Å². The molecule has 0 fully saturated rings. The Bertz CT molecular complexity index is 1740. The Balaban J connectivity index is 1.88. The number of para-hydroxylation sites is 2. The molecule has 0 saturated carbocycles. The molecule has 1 aliphatic rings. The molecule has 8 heteroatoms. The van der Waals surface area contributed by atoms with Crippen LogP contribution in [-0.2, 0) is 14.1 Å². The molecule has 0 saturated heterocycles. The fourth-order valence-corrected chi connectivity index (χ4v) is 4.99. The second-order valence-electron chi connectivity index (χ2n) is 8.48. The van der Waals surface area contributed by atoms with Gasteiger partial charge in [-0.05, 0) is 54.4 Å². The average Bonchev–Trinajstić information content (AvgIpc) is 3.43. The maximum atomic E-state index is 13.6. The van der Waals surface area contributed by atoms with Gasteiger partial charge in [-0.25, -0.2) is 4.79 Å². The zero-order valence-corrected chi connectivity index (χ0v) is 19.5. The summed E-state index contributed by atoms with van der Waals surface area (Å²) in [4.78, 5) is 26.6. The summed E-state index contributed by atoms with van der Waals surface area (Å²) in [5.74, 6) is 1.10. The van der Waals surface area contributed by atoms with Crippen LogP contribution in [0.25, 0.3) is 27.8 Å². The monoisotopic (exact) mass is 473 g/mol. The van der Waals surface area contributed by atoms with Gasteiger partial charge in [-0.2, -0.15) is 0 Å². The molecule has 1 aliphatic heterocycles. The van der Waals surface area contributed by atoms with Crippen LogP contribution in [0.5, 0.6) is 5.75 Å². The number of nitrogens with zero attached hydrogens (tertiary/aromatic N) is 3. The van der Waals surface area contributed by atoms with Gasteiger partial charge in [-0.1, -0.05) is 35.9 Å². The smallest absolute Gasteiger partial charge is 0.331 e. The minimum Gasteiger partial charge on any atom is -0.474 e. The minimum atomic E-state index is -0.721. The molecule has 4 heterocycles. The first kappa shape index (κ1) is 20.6. The molecule has 6 rings (SSSR count). The van der Waals surface area contributed by atoms with Crippen molar-refractivity contribution in [1.82, 2.24) is 13.7 Å². The van der Waals surface area contributed by atoms with Crippen molar-refractivity contribution in [3.05, 3.63) is 104 Å². The molecule has 2 aromatic carbocycles. The number of fused-ring (bicyclic) bond motifs is 5. The summed E-state index contributed by atoms with van der Waals surface area (Å²) < 4.78 is 16.8. The van der Waals surface area contributed by atoms with Crippen LogP contribution in [-0.4, -0.2) is 13.7 Å². The summed E-state index contributed by atoms with van der Waals surface area (Å²) in [5.41, 5.74) is 3.72. The predicted molar refractivity (Wildman–Crippen MR) is 130 cm³/mol. The van der Waals surface area contributed by atoms with Crippen molar-refractivity contribution < 1.29 is 9.15 Å². The van der Waals surface area contributed by atoms with Crippen molar-refractivity contribution in [2.24, 2.45) is 14.1 Å². The number of aryl methyl sites for hydroxylation is 2. The van der Waals surface area contributed by atoms with Crippen LogP contribution in [0.3, 0.4) is 0 Å². The van der Waals surface area contributed by atoms with E-state index in [1.165, 1.54) is 11.6 Å². The second kappa shape index (κ2) is 7.27. The molecule has 1 atom stereocenters.